The van der Waals surface area contributed by atoms with E-state index < -0.39 is 5.82 Å². The SMILES string of the molecule is CC(N)Cc1ccc(Oc2cccc(Cl)c2F)nc1. The smallest absolute Gasteiger partial charge is 0.219 e. The van der Waals surface area contributed by atoms with E-state index >= 15 is 0 Å². The predicted octanol–water partition coefficient (Wildman–Crippen LogP) is 3.56. The first kappa shape index (κ1) is 13.8. The van der Waals surface area contributed by atoms with Gasteiger partial charge in [-0.25, -0.2) is 9.37 Å². The van der Waals surface area contributed by atoms with Gasteiger partial charge in [-0.15, -0.1) is 0 Å². The highest BCUT2D eigenvalue weighted by atomic mass is 35.5. The maximum atomic E-state index is 13.6. The summed E-state index contributed by atoms with van der Waals surface area (Å²) in [6.45, 7) is 1.92. The maximum Gasteiger partial charge on any atom is 0.219 e. The van der Waals surface area contributed by atoms with Gasteiger partial charge in [0.1, 0.15) is 0 Å². The highest BCUT2D eigenvalue weighted by Crippen LogP contribution is 2.27. The summed E-state index contributed by atoms with van der Waals surface area (Å²) in [5.74, 6) is -0.222. The van der Waals surface area contributed by atoms with E-state index in [-0.39, 0.29) is 16.8 Å². The second kappa shape index (κ2) is 5.99. The summed E-state index contributed by atoms with van der Waals surface area (Å²) in [5.41, 5.74) is 6.71. The van der Waals surface area contributed by atoms with Gasteiger partial charge in [0.2, 0.25) is 5.88 Å². The molecule has 2 rings (SSSR count). The Hall–Kier alpha value is -1.65. The molecule has 0 bridgehead atoms. The lowest BCUT2D eigenvalue weighted by molar-refractivity contribution is 0.427. The van der Waals surface area contributed by atoms with Gasteiger partial charge in [0.25, 0.3) is 0 Å². The highest BCUT2D eigenvalue weighted by molar-refractivity contribution is 6.30. The molecule has 0 radical (unpaired) electrons. The Balaban J connectivity index is 2.13. The van der Waals surface area contributed by atoms with Crippen molar-refractivity contribution in [1.29, 1.82) is 0 Å². The van der Waals surface area contributed by atoms with Crippen molar-refractivity contribution in [3.8, 4) is 11.6 Å². The molecule has 19 heavy (non-hydrogen) atoms. The van der Waals surface area contributed by atoms with E-state index in [4.69, 9.17) is 22.1 Å². The van der Waals surface area contributed by atoms with Crippen molar-refractivity contribution in [2.75, 3.05) is 0 Å². The Morgan fingerprint density at radius 3 is 2.79 bits per heavy atom. The molecule has 2 N–H and O–H groups in total. The van der Waals surface area contributed by atoms with Gasteiger partial charge in [-0.05, 0) is 31.0 Å². The fourth-order valence-corrected chi connectivity index (χ4v) is 1.81. The number of nitrogens with zero attached hydrogens (tertiary/aromatic N) is 1. The van der Waals surface area contributed by atoms with Crippen molar-refractivity contribution >= 4 is 11.6 Å². The van der Waals surface area contributed by atoms with Crippen molar-refractivity contribution in [3.63, 3.8) is 0 Å². The van der Waals surface area contributed by atoms with Crippen LogP contribution in [0, 0.1) is 5.82 Å². The molecule has 0 aliphatic rings. The quantitative estimate of drug-likeness (QED) is 0.931. The van der Waals surface area contributed by atoms with Crippen LogP contribution in [0.25, 0.3) is 0 Å². The normalized spacial score (nSPS) is 12.2. The number of nitrogens with two attached hydrogens (primary N) is 1. The molecular weight excluding hydrogens is 267 g/mol. The van der Waals surface area contributed by atoms with Crippen LogP contribution in [0.5, 0.6) is 11.6 Å². The van der Waals surface area contributed by atoms with Gasteiger partial charge in [0, 0.05) is 18.3 Å². The molecule has 0 spiro atoms. The molecule has 100 valence electrons. The molecule has 2 aromatic rings. The van der Waals surface area contributed by atoms with Crippen molar-refractivity contribution in [1.82, 2.24) is 4.98 Å². The number of rotatable bonds is 4. The standard InChI is InChI=1S/C14H14ClFN2O/c1-9(17)7-10-5-6-13(18-8-10)19-12-4-2-3-11(15)14(12)16/h2-6,8-9H,7,17H2,1H3. The molecule has 0 saturated heterocycles. The van der Waals surface area contributed by atoms with E-state index in [0.29, 0.717) is 5.88 Å². The first-order valence-corrected chi connectivity index (χ1v) is 6.26. The first-order chi connectivity index (χ1) is 9.06. The Morgan fingerprint density at radius 2 is 2.16 bits per heavy atom. The average molecular weight is 281 g/mol. The molecule has 1 aromatic carbocycles. The number of hydrogen-bond donors (Lipinski definition) is 1. The number of aromatic nitrogens is 1. The summed E-state index contributed by atoms with van der Waals surface area (Å²) in [6, 6.07) is 8.18. The van der Waals surface area contributed by atoms with Crippen LogP contribution in [0.4, 0.5) is 4.39 Å². The number of hydrogen-bond acceptors (Lipinski definition) is 3. The Bertz CT molecular complexity index is 558. The molecule has 0 aliphatic heterocycles. The van der Waals surface area contributed by atoms with E-state index in [0.717, 1.165) is 12.0 Å². The molecule has 0 saturated carbocycles. The monoisotopic (exact) mass is 280 g/mol. The first-order valence-electron chi connectivity index (χ1n) is 5.88. The number of benzene rings is 1. The molecule has 5 heteroatoms. The molecule has 3 nitrogen and oxygen atoms in total. The highest BCUT2D eigenvalue weighted by Gasteiger charge is 2.09. The van der Waals surface area contributed by atoms with Gasteiger partial charge in [-0.2, -0.15) is 0 Å². The van der Waals surface area contributed by atoms with E-state index in [1.165, 1.54) is 12.1 Å². The van der Waals surface area contributed by atoms with Crippen LogP contribution in [0.3, 0.4) is 0 Å². The van der Waals surface area contributed by atoms with Crippen molar-refractivity contribution in [2.45, 2.75) is 19.4 Å². The van der Waals surface area contributed by atoms with Crippen LogP contribution in [0.1, 0.15) is 12.5 Å². The predicted molar refractivity (Wildman–Crippen MR) is 73.1 cm³/mol. The van der Waals surface area contributed by atoms with E-state index in [1.54, 1.807) is 18.3 Å². The zero-order valence-electron chi connectivity index (χ0n) is 10.4. The lowest BCUT2D eigenvalue weighted by atomic mass is 10.1. The second-order valence-corrected chi connectivity index (χ2v) is 4.75. The number of pyridine rings is 1. The summed E-state index contributed by atoms with van der Waals surface area (Å²) < 4.78 is 19.0. The maximum absolute atomic E-state index is 13.6. The Morgan fingerprint density at radius 1 is 1.37 bits per heavy atom. The minimum atomic E-state index is -0.592. The molecular formula is C14H14ClFN2O. The molecule has 1 heterocycles. The van der Waals surface area contributed by atoms with Crippen LogP contribution in [0.15, 0.2) is 36.5 Å². The fourth-order valence-electron chi connectivity index (χ4n) is 1.64. The van der Waals surface area contributed by atoms with Crippen LogP contribution in [0.2, 0.25) is 5.02 Å². The number of halogens is 2. The molecule has 0 aliphatic carbocycles. The van der Waals surface area contributed by atoms with Crippen LogP contribution in [-0.2, 0) is 6.42 Å². The van der Waals surface area contributed by atoms with Gasteiger partial charge >= 0.3 is 0 Å². The van der Waals surface area contributed by atoms with Crippen molar-refractivity contribution in [3.05, 3.63) is 52.9 Å². The van der Waals surface area contributed by atoms with Gasteiger partial charge in [0.15, 0.2) is 11.6 Å². The molecule has 0 amide bonds. The largest absolute Gasteiger partial charge is 0.436 e. The summed E-state index contributed by atoms with van der Waals surface area (Å²) in [7, 11) is 0. The van der Waals surface area contributed by atoms with E-state index in [9.17, 15) is 4.39 Å². The zero-order valence-corrected chi connectivity index (χ0v) is 11.2. The van der Waals surface area contributed by atoms with E-state index in [2.05, 4.69) is 4.98 Å². The summed E-state index contributed by atoms with van der Waals surface area (Å²) >= 11 is 5.67. The third kappa shape index (κ3) is 3.66. The molecule has 0 fully saturated rings. The third-order valence-electron chi connectivity index (χ3n) is 2.49. The van der Waals surface area contributed by atoms with Crippen LogP contribution < -0.4 is 10.5 Å². The fraction of sp³-hybridized carbons (Fsp3) is 0.214. The minimum absolute atomic E-state index is 0.0195. The lowest BCUT2D eigenvalue weighted by Gasteiger charge is -2.08. The molecule has 1 aromatic heterocycles. The average Bonchev–Trinajstić information content (AvgIpc) is 2.37. The third-order valence-corrected chi connectivity index (χ3v) is 2.78. The Labute approximate surface area is 116 Å². The molecule has 1 atom stereocenters. The van der Waals surface area contributed by atoms with Crippen LogP contribution in [-0.4, -0.2) is 11.0 Å². The van der Waals surface area contributed by atoms with Crippen molar-refractivity contribution in [2.24, 2.45) is 5.73 Å². The van der Waals surface area contributed by atoms with E-state index in [1.807, 2.05) is 13.0 Å². The zero-order chi connectivity index (χ0) is 13.8. The van der Waals surface area contributed by atoms with Gasteiger partial charge in [-0.1, -0.05) is 23.7 Å². The lowest BCUT2D eigenvalue weighted by Crippen LogP contribution is -2.17. The topological polar surface area (TPSA) is 48.1 Å². The van der Waals surface area contributed by atoms with Gasteiger partial charge < -0.3 is 10.5 Å². The Kier molecular flexibility index (Phi) is 4.35. The second-order valence-electron chi connectivity index (χ2n) is 4.34. The summed E-state index contributed by atoms with van der Waals surface area (Å²) in [6.07, 6.45) is 2.40. The number of ether oxygens (including phenoxy) is 1. The summed E-state index contributed by atoms with van der Waals surface area (Å²) in [4.78, 5) is 4.11. The van der Waals surface area contributed by atoms with Gasteiger partial charge in [0.05, 0.1) is 5.02 Å². The summed E-state index contributed by atoms with van der Waals surface area (Å²) in [5, 5.41) is 0.0195. The minimum Gasteiger partial charge on any atom is -0.436 e. The van der Waals surface area contributed by atoms with Crippen molar-refractivity contribution < 1.29 is 9.13 Å². The van der Waals surface area contributed by atoms with Crippen LogP contribution >= 0.6 is 11.6 Å². The van der Waals surface area contributed by atoms with Gasteiger partial charge in [-0.3, -0.25) is 0 Å². The molecule has 1 unspecified atom stereocenters.